The quantitative estimate of drug-likeness (QED) is 0.775. The van der Waals surface area contributed by atoms with E-state index in [-0.39, 0.29) is 17.2 Å². The summed E-state index contributed by atoms with van der Waals surface area (Å²) in [5, 5.41) is 0.755. The molecule has 2 aliphatic rings. The second kappa shape index (κ2) is 2.76. The predicted molar refractivity (Wildman–Crippen MR) is 58.8 cm³/mol. The van der Waals surface area contributed by atoms with E-state index in [1.807, 2.05) is 12.1 Å². The predicted octanol–water partition coefficient (Wildman–Crippen LogP) is 2.03. The number of rotatable bonds is 1. The molecule has 1 aromatic rings. The first-order valence-corrected chi connectivity index (χ1v) is 5.59. The molecule has 1 aromatic carbocycles. The number of halogens is 1. The zero-order chi connectivity index (χ0) is 10.6. The van der Waals surface area contributed by atoms with Gasteiger partial charge in [-0.25, -0.2) is 0 Å². The Kier molecular flexibility index (Phi) is 1.70. The minimum atomic E-state index is -0.164. The fourth-order valence-corrected chi connectivity index (χ4v) is 3.15. The highest BCUT2D eigenvalue weighted by Crippen LogP contribution is 2.61. The molecule has 0 unspecified atom stereocenters. The Hall–Kier alpha value is -1.02. The van der Waals surface area contributed by atoms with E-state index in [1.54, 1.807) is 0 Å². The average molecular weight is 222 g/mol. The number of amides is 1. The largest absolute Gasteiger partial charge is 0.369 e. The summed E-state index contributed by atoms with van der Waals surface area (Å²) in [5.74, 6) is -0.125. The van der Waals surface area contributed by atoms with Gasteiger partial charge in [0.2, 0.25) is 5.91 Å². The Balaban J connectivity index is 2.06. The van der Waals surface area contributed by atoms with Crippen LogP contribution < -0.4 is 5.73 Å². The van der Waals surface area contributed by atoms with Gasteiger partial charge in [-0.15, -0.1) is 0 Å². The molecule has 1 fully saturated rings. The summed E-state index contributed by atoms with van der Waals surface area (Å²) in [7, 11) is 0. The molecule has 3 heteroatoms. The fraction of sp³-hybridized carbons (Fsp3) is 0.417. The molecular weight excluding hydrogens is 210 g/mol. The van der Waals surface area contributed by atoms with Crippen LogP contribution in [-0.4, -0.2) is 5.91 Å². The minimum absolute atomic E-state index is 0.0391. The lowest BCUT2D eigenvalue weighted by molar-refractivity contribution is -0.119. The number of hydrogen-bond donors (Lipinski definition) is 1. The van der Waals surface area contributed by atoms with Crippen molar-refractivity contribution in [1.82, 2.24) is 0 Å². The number of aryl methyl sites for hydroxylation is 1. The number of fused-ring (bicyclic) bond motifs is 2. The Morgan fingerprint density at radius 1 is 1.53 bits per heavy atom. The third-order valence-electron chi connectivity index (χ3n) is 3.87. The lowest BCUT2D eigenvalue weighted by Gasteiger charge is -2.10. The molecule has 3 rings (SSSR count). The molecule has 2 nitrogen and oxygen atoms in total. The molecule has 0 aliphatic heterocycles. The Bertz CT molecular complexity index is 457. The normalized spacial score (nSPS) is 31.7. The van der Waals surface area contributed by atoms with Crippen molar-refractivity contribution >= 4 is 17.5 Å². The van der Waals surface area contributed by atoms with Gasteiger partial charge in [0.1, 0.15) is 0 Å². The van der Waals surface area contributed by atoms with E-state index >= 15 is 0 Å². The molecule has 0 heterocycles. The van der Waals surface area contributed by atoms with Gasteiger partial charge in [-0.2, -0.15) is 0 Å². The monoisotopic (exact) mass is 221 g/mol. The molecule has 15 heavy (non-hydrogen) atoms. The minimum Gasteiger partial charge on any atom is -0.369 e. The van der Waals surface area contributed by atoms with Crippen LogP contribution in [0, 0.1) is 5.92 Å². The van der Waals surface area contributed by atoms with Crippen molar-refractivity contribution in [3.05, 3.63) is 34.3 Å². The van der Waals surface area contributed by atoms with Crippen LogP contribution in [0.5, 0.6) is 0 Å². The second-order valence-corrected chi connectivity index (χ2v) is 5.05. The molecular formula is C12H12ClNO. The van der Waals surface area contributed by atoms with Crippen LogP contribution in [0.25, 0.3) is 0 Å². The molecule has 1 saturated carbocycles. The Morgan fingerprint density at radius 3 is 3.00 bits per heavy atom. The van der Waals surface area contributed by atoms with E-state index in [4.69, 9.17) is 17.3 Å². The molecule has 0 aromatic heterocycles. The van der Waals surface area contributed by atoms with Crippen molar-refractivity contribution in [3.63, 3.8) is 0 Å². The molecule has 2 N–H and O–H groups in total. The molecule has 2 aliphatic carbocycles. The van der Waals surface area contributed by atoms with Crippen LogP contribution in [0.2, 0.25) is 5.02 Å². The van der Waals surface area contributed by atoms with Crippen LogP contribution in [0.3, 0.4) is 0 Å². The SMILES string of the molecule is NC(=O)[C@H]1C[C@@]12CCc1ccc(Cl)cc12. The Labute approximate surface area is 93.4 Å². The molecule has 1 spiro atoms. The summed E-state index contributed by atoms with van der Waals surface area (Å²) >= 11 is 5.99. The number of carbonyl (C=O) groups is 1. The molecule has 0 saturated heterocycles. The topological polar surface area (TPSA) is 43.1 Å². The van der Waals surface area contributed by atoms with Gasteiger partial charge in [0.05, 0.1) is 0 Å². The van der Waals surface area contributed by atoms with Gasteiger partial charge in [-0.3, -0.25) is 4.79 Å². The van der Waals surface area contributed by atoms with E-state index < -0.39 is 0 Å². The van der Waals surface area contributed by atoms with Gasteiger partial charge in [0, 0.05) is 16.4 Å². The van der Waals surface area contributed by atoms with Gasteiger partial charge < -0.3 is 5.73 Å². The lowest BCUT2D eigenvalue weighted by Crippen LogP contribution is -2.19. The van der Waals surface area contributed by atoms with Crippen LogP contribution in [0.1, 0.15) is 24.0 Å². The standard InChI is InChI=1S/C12H12ClNO/c13-8-2-1-7-3-4-12(9(7)5-8)6-10(12)11(14)15/h1-2,5,10H,3-4,6H2,(H2,14,15)/t10-,12-/m1/s1. The zero-order valence-corrected chi connectivity index (χ0v) is 9.05. The first-order valence-electron chi connectivity index (χ1n) is 5.22. The number of carbonyl (C=O) groups excluding carboxylic acids is 1. The van der Waals surface area contributed by atoms with Gasteiger partial charge in [0.15, 0.2) is 0 Å². The highest BCUT2D eigenvalue weighted by Gasteiger charge is 2.60. The number of nitrogens with two attached hydrogens (primary N) is 1. The van der Waals surface area contributed by atoms with Crippen molar-refractivity contribution in [1.29, 1.82) is 0 Å². The van der Waals surface area contributed by atoms with Crippen LogP contribution in [0.4, 0.5) is 0 Å². The molecule has 1 amide bonds. The smallest absolute Gasteiger partial charge is 0.221 e. The molecule has 0 bridgehead atoms. The third kappa shape index (κ3) is 1.14. The van der Waals surface area contributed by atoms with Crippen molar-refractivity contribution < 1.29 is 4.79 Å². The van der Waals surface area contributed by atoms with Gasteiger partial charge in [-0.05, 0) is 42.5 Å². The highest BCUT2D eigenvalue weighted by atomic mass is 35.5. The van der Waals surface area contributed by atoms with Gasteiger partial charge >= 0.3 is 0 Å². The summed E-state index contributed by atoms with van der Waals surface area (Å²) in [6, 6.07) is 6.00. The van der Waals surface area contributed by atoms with Crippen molar-refractivity contribution in [2.45, 2.75) is 24.7 Å². The molecule has 78 valence electrons. The summed E-state index contributed by atoms with van der Waals surface area (Å²) in [6.07, 6.45) is 3.02. The average Bonchev–Trinajstić information content (AvgIpc) is 2.81. The number of benzene rings is 1. The van der Waals surface area contributed by atoms with Crippen molar-refractivity contribution in [3.8, 4) is 0 Å². The van der Waals surface area contributed by atoms with Gasteiger partial charge in [-0.1, -0.05) is 17.7 Å². The van der Waals surface area contributed by atoms with Crippen LogP contribution in [-0.2, 0) is 16.6 Å². The number of hydrogen-bond acceptors (Lipinski definition) is 1. The fourth-order valence-electron chi connectivity index (χ4n) is 2.97. The summed E-state index contributed by atoms with van der Waals surface area (Å²) in [6.45, 7) is 0. The lowest BCUT2D eigenvalue weighted by atomic mass is 9.95. The maximum Gasteiger partial charge on any atom is 0.221 e. The summed E-state index contributed by atoms with van der Waals surface area (Å²) in [4.78, 5) is 11.2. The van der Waals surface area contributed by atoms with E-state index in [0.29, 0.717) is 0 Å². The summed E-state index contributed by atoms with van der Waals surface area (Å²) in [5.41, 5.74) is 8.02. The highest BCUT2D eigenvalue weighted by molar-refractivity contribution is 6.30. The van der Waals surface area contributed by atoms with Crippen molar-refractivity contribution in [2.75, 3.05) is 0 Å². The van der Waals surface area contributed by atoms with E-state index in [0.717, 1.165) is 24.3 Å². The van der Waals surface area contributed by atoms with Crippen LogP contribution >= 0.6 is 11.6 Å². The van der Waals surface area contributed by atoms with E-state index in [9.17, 15) is 4.79 Å². The second-order valence-electron chi connectivity index (χ2n) is 4.62. The molecule has 0 radical (unpaired) electrons. The van der Waals surface area contributed by atoms with Crippen molar-refractivity contribution in [2.24, 2.45) is 11.7 Å². The summed E-state index contributed by atoms with van der Waals surface area (Å²) < 4.78 is 0. The van der Waals surface area contributed by atoms with Crippen LogP contribution in [0.15, 0.2) is 18.2 Å². The maximum absolute atomic E-state index is 11.2. The first kappa shape index (κ1) is 9.22. The first-order chi connectivity index (χ1) is 7.13. The maximum atomic E-state index is 11.2. The zero-order valence-electron chi connectivity index (χ0n) is 8.29. The van der Waals surface area contributed by atoms with E-state index in [2.05, 4.69) is 6.07 Å². The number of primary amides is 1. The Morgan fingerprint density at radius 2 is 2.33 bits per heavy atom. The van der Waals surface area contributed by atoms with E-state index in [1.165, 1.54) is 11.1 Å². The molecule has 2 atom stereocenters. The van der Waals surface area contributed by atoms with Gasteiger partial charge in [0.25, 0.3) is 0 Å². The third-order valence-corrected chi connectivity index (χ3v) is 4.10.